The van der Waals surface area contributed by atoms with Gasteiger partial charge in [0.05, 0.1) is 5.56 Å². The number of nitrogens with zero attached hydrogens (tertiary/aromatic N) is 2. The molecule has 74 valence electrons. The van der Waals surface area contributed by atoms with Crippen molar-refractivity contribution in [2.45, 2.75) is 0 Å². The lowest BCUT2D eigenvalue weighted by atomic mass is 10.1. The second-order valence-corrected chi connectivity index (χ2v) is 2.93. The Balaban J connectivity index is 2.66. The number of carbonyl (C=O) groups excluding carboxylic acids is 1. The van der Waals surface area contributed by atoms with E-state index in [1.54, 1.807) is 30.6 Å². The topological polar surface area (TPSA) is 63.1 Å². The van der Waals surface area contributed by atoms with Gasteiger partial charge in [0.2, 0.25) is 0 Å². The molecule has 0 saturated carbocycles. The number of aldehydes is 1. The highest BCUT2D eigenvalue weighted by Gasteiger charge is 2.11. The van der Waals surface area contributed by atoms with Crippen LogP contribution in [0, 0.1) is 0 Å². The van der Waals surface area contributed by atoms with Crippen molar-refractivity contribution in [3.63, 3.8) is 0 Å². The second kappa shape index (κ2) is 3.88. The fourth-order valence-corrected chi connectivity index (χ4v) is 1.33. The average Bonchev–Trinajstić information content (AvgIpc) is 2.29. The molecule has 15 heavy (non-hydrogen) atoms. The Bertz CT molecular complexity index is 483. The Morgan fingerprint density at radius 2 is 1.87 bits per heavy atom. The first-order valence-electron chi connectivity index (χ1n) is 4.37. The van der Waals surface area contributed by atoms with E-state index in [1.165, 1.54) is 6.07 Å². The van der Waals surface area contributed by atoms with E-state index in [2.05, 4.69) is 9.97 Å². The fraction of sp³-hybridized carbons (Fsp3) is 0. The number of aromatic nitrogens is 2. The molecule has 0 fully saturated rings. The molecule has 0 unspecified atom stereocenters. The highest BCUT2D eigenvalue weighted by atomic mass is 16.3. The summed E-state index contributed by atoms with van der Waals surface area (Å²) in [5.41, 5.74) is 0.745. The van der Waals surface area contributed by atoms with Gasteiger partial charge in [-0.1, -0.05) is 12.1 Å². The van der Waals surface area contributed by atoms with Crippen LogP contribution in [0.1, 0.15) is 10.4 Å². The number of benzene rings is 1. The highest BCUT2D eigenvalue weighted by molar-refractivity contribution is 5.88. The predicted octanol–water partition coefficient (Wildman–Crippen LogP) is 1.66. The normalized spacial score (nSPS) is 9.87. The minimum Gasteiger partial charge on any atom is -0.507 e. The lowest BCUT2D eigenvalue weighted by molar-refractivity contribution is 0.112. The maximum atomic E-state index is 10.8. The van der Waals surface area contributed by atoms with Crippen LogP contribution < -0.4 is 0 Å². The molecule has 0 saturated heterocycles. The van der Waals surface area contributed by atoms with E-state index in [0.29, 0.717) is 23.2 Å². The molecular formula is C11H8N2O2. The third-order valence-corrected chi connectivity index (χ3v) is 1.99. The Morgan fingerprint density at radius 1 is 1.13 bits per heavy atom. The summed E-state index contributed by atoms with van der Waals surface area (Å²) in [6.45, 7) is 0. The van der Waals surface area contributed by atoms with Gasteiger partial charge in [-0.05, 0) is 12.1 Å². The van der Waals surface area contributed by atoms with Gasteiger partial charge in [0.25, 0.3) is 0 Å². The lowest BCUT2D eigenvalue weighted by Gasteiger charge is -2.04. The molecule has 0 aliphatic rings. The van der Waals surface area contributed by atoms with Crippen molar-refractivity contribution in [1.29, 1.82) is 0 Å². The molecule has 0 radical (unpaired) electrons. The Kier molecular flexibility index (Phi) is 2.41. The fourth-order valence-electron chi connectivity index (χ4n) is 1.33. The SMILES string of the molecule is O=Cc1cccc(O)c1-c1ncccn1. The summed E-state index contributed by atoms with van der Waals surface area (Å²) >= 11 is 0. The molecule has 0 aliphatic heterocycles. The van der Waals surface area contributed by atoms with E-state index >= 15 is 0 Å². The van der Waals surface area contributed by atoms with Gasteiger partial charge < -0.3 is 5.11 Å². The van der Waals surface area contributed by atoms with E-state index in [9.17, 15) is 9.90 Å². The maximum absolute atomic E-state index is 10.8. The molecule has 0 spiro atoms. The molecule has 1 heterocycles. The zero-order chi connectivity index (χ0) is 10.7. The molecule has 1 aromatic carbocycles. The highest BCUT2D eigenvalue weighted by Crippen LogP contribution is 2.28. The lowest BCUT2D eigenvalue weighted by Crippen LogP contribution is -1.92. The van der Waals surface area contributed by atoms with E-state index < -0.39 is 0 Å². The molecule has 0 aliphatic carbocycles. The number of hydrogen-bond acceptors (Lipinski definition) is 4. The third kappa shape index (κ3) is 1.69. The van der Waals surface area contributed by atoms with Gasteiger partial charge in [-0.2, -0.15) is 0 Å². The Labute approximate surface area is 86.2 Å². The van der Waals surface area contributed by atoms with Gasteiger partial charge in [-0.3, -0.25) is 4.79 Å². The maximum Gasteiger partial charge on any atom is 0.163 e. The minimum atomic E-state index is 0.00537. The van der Waals surface area contributed by atoms with Crippen LogP contribution in [0.5, 0.6) is 5.75 Å². The number of rotatable bonds is 2. The van der Waals surface area contributed by atoms with E-state index in [-0.39, 0.29) is 5.75 Å². The van der Waals surface area contributed by atoms with Crippen LogP contribution in [-0.4, -0.2) is 21.4 Å². The first kappa shape index (κ1) is 9.33. The summed E-state index contributed by atoms with van der Waals surface area (Å²) in [6.07, 6.45) is 3.79. The summed E-state index contributed by atoms with van der Waals surface area (Å²) in [5.74, 6) is 0.350. The van der Waals surface area contributed by atoms with E-state index in [4.69, 9.17) is 0 Å². The van der Waals surface area contributed by atoms with Crippen LogP contribution in [0.25, 0.3) is 11.4 Å². The van der Waals surface area contributed by atoms with Crippen molar-refractivity contribution in [2.24, 2.45) is 0 Å². The molecule has 0 bridgehead atoms. The van der Waals surface area contributed by atoms with Crippen molar-refractivity contribution in [3.8, 4) is 17.1 Å². The molecule has 0 amide bonds. The summed E-state index contributed by atoms with van der Waals surface area (Å²) in [6, 6.07) is 6.38. The molecule has 4 heteroatoms. The van der Waals surface area contributed by atoms with Crippen LogP contribution in [-0.2, 0) is 0 Å². The molecule has 2 aromatic rings. The van der Waals surface area contributed by atoms with Gasteiger partial charge in [0.15, 0.2) is 12.1 Å². The first-order valence-corrected chi connectivity index (χ1v) is 4.37. The van der Waals surface area contributed by atoms with E-state index in [1.807, 2.05) is 0 Å². The monoisotopic (exact) mass is 200 g/mol. The molecule has 1 N–H and O–H groups in total. The predicted molar refractivity (Wildman–Crippen MR) is 54.5 cm³/mol. The third-order valence-electron chi connectivity index (χ3n) is 1.99. The van der Waals surface area contributed by atoms with Crippen LogP contribution >= 0.6 is 0 Å². The van der Waals surface area contributed by atoms with Gasteiger partial charge in [0, 0.05) is 18.0 Å². The molecular weight excluding hydrogens is 192 g/mol. The summed E-state index contributed by atoms with van der Waals surface area (Å²) < 4.78 is 0. The zero-order valence-electron chi connectivity index (χ0n) is 7.79. The van der Waals surface area contributed by atoms with Crippen LogP contribution in [0.2, 0.25) is 0 Å². The van der Waals surface area contributed by atoms with Crippen molar-refractivity contribution in [1.82, 2.24) is 9.97 Å². The van der Waals surface area contributed by atoms with Gasteiger partial charge in [-0.15, -0.1) is 0 Å². The number of hydrogen-bond donors (Lipinski definition) is 1. The Morgan fingerprint density at radius 3 is 2.53 bits per heavy atom. The molecule has 2 rings (SSSR count). The van der Waals surface area contributed by atoms with Crippen molar-refractivity contribution < 1.29 is 9.90 Å². The van der Waals surface area contributed by atoms with Gasteiger partial charge in [-0.25, -0.2) is 9.97 Å². The van der Waals surface area contributed by atoms with Gasteiger partial charge in [0.1, 0.15) is 5.75 Å². The molecule has 1 aromatic heterocycles. The first-order chi connectivity index (χ1) is 7.33. The summed E-state index contributed by atoms with van der Waals surface area (Å²) in [4.78, 5) is 18.8. The minimum absolute atomic E-state index is 0.00537. The summed E-state index contributed by atoms with van der Waals surface area (Å²) in [7, 11) is 0. The van der Waals surface area contributed by atoms with E-state index in [0.717, 1.165) is 0 Å². The van der Waals surface area contributed by atoms with Crippen molar-refractivity contribution >= 4 is 6.29 Å². The smallest absolute Gasteiger partial charge is 0.163 e. The Hall–Kier alpha value is -2.23. The molecule has 0 atom stereocenters. The number of phenols is 1. The zero-order valence-corrected chi connectivity index (χ0v) is 7.79. The van der Waals surface area contributed by atoms with Gasteiger partial charge >= 0.3 is 0 Å². The van der Waals surface area contributed by atoms with Crippen LogP contribution in [0.3, 0.4) is 0 Å². The van der Waals surface area contributed by atoms with Crippen LogP contribution in [0.15, 0.2) is 36.7 Å². The van der Waals surface area contributed by atoms with Crippen molar-refractivity contribution in [3.05, 3.63) is 42.2 Å². The number of phenolic OH excluding ortho intramolecular Hbond substituents is 1. The standard InChI is InChI=1S/C11H8N2O2/c14-7-8-3-1-4-9(15)10(8)11-12-5-2-6-13-11/h1-7,15H. The largest absolute Gasteiger partial charge is 0.507 e. The van der Waals surface area contributed by atoms with Crippen LogP contribution in [0.4, 0.5) is 0 Å². The second-order valence-electron chi connectivity index (χ2n) is 2.93. The number of aromatic hydroxyl groups is 1. The van der Waals surface area contributed by atoms with Crippen molar-refractivity contribution in [2.75, 3.05) is 0 Å². The molecule has 4 nitrogen and oxygen atoms in total. The summed E-state index contributed by atoms with van der Waals surface area (Å²) in [5, 5.41) is 9.64. The quantitative estimate of drug-likeness (QED) is 0.749. The average molecular weight is 200 g/mol. The number of carbonyl (C=O) groups is 1.